The van der Waals surface area contributed by atoms with Crippen LogP contribution in [0, 0.1) is 0 Å². The van der Waals surface area contributed by atoms with Crippen molar-refractivity contribution in [2.45, 2.75) is 19.6 Å². The second-order valence-electron chi connectivity index (χ2n) is 8.01. The number of amides is 1. The van der Waals surface area contributed by atoms with Crippen molar-refractivity contribution in [3.63, 3.8) is 0 Å². The van der Waals surface area contributed by atoms with E-state index in [9.17, 15) is 4.79 Å². The Morgan fingerprint density at radius 1 is 1.09 bits per heavy atom. The molecule has 3 aromatic carbocycles. The zero-order valence-corrected chi connectivity index (χ0v) is 20.2. The van der Waals surface area contributed by atoms with E-state index in [1.165, 1.54) is 6.33 Å². The van der Waals surface area contributed by atoms with E-state index >= 15 is 0 Å². The Labute approximate surface area is 212 Å². The molecule has 0 saturated carbocycles. The first kappa shape index (κ1) is 23.0. The number of carbonyl (C=O) groups is 1. The molecule has 1 aliphatic heterocycles. The monoisotopic (exact) mass is 505 g/mol. The van der Waals surface area contributed by atoms with Gasteiger partial charge in [0.15, 0.2) is 0 Å². The van der Waals surface area contributed by atoms with Gasteiger partial charge in [-0.15, -0.1) is 0 Å². The fourth-order valence-corrected chi connectivity index (χ4v) is 4.45. The van der Waals surface area contributed by atoms with E-state index in [0.29, 0.717) is 38.7 Å². The number of carbonyl (C=O) groups excluding carboxylic acids is 1. The first-order valence-electron chi connectivity index (χ1n) is 10.9. The molecule has 176 valence electrons. The number of ether oxygens (including phenoxy) is 1. The molecule has 2 N–H and O–H groups in total. The second-order valence-corrected chi connectivity index (χ2v) is 8.86. The number of para-hydroxylation sites is 1. The Hall–Kier alpha value is -3.81. The van der Waals surface area contributed by atoms with Gasteiger partial charge in [0, 0.05) is 27.0 Å². The number of nitrogens with one attached hydrogen (secondary N) is 2. The third-order valence-corrected chi connectivity index (χ3v) is 6.24. The summed E-state index contributed by atoms with van der Waals surface area (Å²) in [7, 11) is 0. The lowest BCUT2D eigenvalue weighted by Crippen LogP contribution is -2.31. The van der Waals surface area contributed by atoms with Crippen LogP contribution in [0.4, 0.5) is 11.6 Å². The molecule has 1 aliphatic rings. The van der Waals surface area contributed by atoms with Gasteiger partial charge in [0.25, 0.3) is 5.91 Å². The molecule has 0 spiro atoms. The Morgan fingerprint density at radius 3 is 2.71 bits per heavy atom. The molecule has 1 atom stereocenters. The van der Waals surface area contributed by atoms with E-state index < -0.39 is 6.04 Å². The SMILES string of the molecule is CC1=C(C(=O)Nc2ccccc2)[C@H](c2cccc(OCc3ccc(Cl)cc3Cl)c2)n2ncnc2N1. The van der Waals surface area contributed by atoms with Gasteiger partial charge in [-0.3, -0.25) is 4.79 Å². The van der Waals surface area contributed by atoms with Crippen molar-refractivity contribution in [3.8, 4) is 5.75 Å². The molecule has 0 radical (unpaired) electrons. The Morgan fingerprint density at radius 2 is 1.91 bits per heavy atom. The highest BCUT2D eigenvalue weighted by atomic mass is 35.5. The lowest BCUT2D eigenvalue weighted by molar-refractivity contribution is -0.113. The zero-order chi connectivity index (χ0) is 24.4. The molecule has 0 unspecified atom stereocenters. The summed E-state index contributed by atoms with van der Waals surface area (Å²) in [6.07, 6.45) is 1.46. The van der Waals surface area contributed by atoms with Gasteiger partial charge in [0.05, 0.1) is 5.57 Å². The van der Waals surface area contributed by atoms with Crippen LogP contribution in [0.1, 0.15) is 24.1 Å². The number of allylic oxidation sites excluding steroid dienone is 1. The van der Waals surface area contributed by atoms with Crippen LogP contribution in [0.2, 0.25) is 10.0 Å². The van der Waals surface area contributed by atoms with Crippen molar-refractivity contribution in [3.05, 3.63) is 112 Å². The summed E-state index contributed by atoms with van der Waals surface area (Å²) in [5.41, 5.74) is 3.59. The molecule has 0 fully saturated rings. The van der Waals surface area contributed by atoms with Crippen molar-refractivity contribution in [1.82, 2.24) is 14.8 Å². The fraction of sp³-hybridized carbons (Fsp3) is 0.115. The van der Waals surface area contributed by atoms with Crippen LogP contribution in [-0.4, -0.2) is 20.7 Å². The third-order valence-electron chi connectivity index (χ3n) is 5.65. The molecule has 7 nitrogen and oxygen atoms in total. The van der Waals surface area contributed by atoms with Crippen LogP contribution in [0.15, 0.2) is 90.4 Å². The first-order valence-corrected chi connectivity index (χ1v) is 11.7. The molecule has 1 amide bonds. The summed E-state index contributed by atoms with van der Waals surface area (Å²) in [4.78, 5) is 17.7. The summed E-state index contributed by atoms with van der Waals surface area (Å²) >= 11 is 12.3. The summed E-state index contributed by atoms with van der Waals surface area (Å²) in [6, 6.07) is 21.7. The van der Waals surface area contributed by atoms with E-state index in [1.54, 1.807) is 16.8 Å². The lowest BCUT2D eigenvalue weighted by Gasteiger charge is -2.29. The van der Waals surface area contributed by atoms with Gasteiger partial charge in [0.1, 0.15) is 24.7 Å². The van der Waals surface area contributed by atoms with E-state index in [1.807, 2.05) is 67.6 Å². The van der Waals surface area contributed by atoms with Crippen molar-refractivity contribution in [2.24, 2.45) is 0 Å². The minimum Gasteiger partial charge on any atom is -0.489 e. The molecular weight excluding hydrogens is 485 g/mol. The highest BCUT2D eigenvalue weighted by molar-refractivity contribution is 6.35. The van der Waals surface area contributed by atoms with Crippen molar-refractivity contribution in [1.29, 1.82) is 0 Å². The van der Waals surface area contributed by atoms with E-state index in [4.69, 9.17) is 27.9 Å². The van der Waals surface area contributed by atoms with Crippen LogP contribution in [0.3, 0.4) is 0 Å². The minimum absolute atomic E-state index is 0.230. The predicted molar refractivity (Wildman–Crippen MR) is 137 cm³/mol. The van der Waals surface area contributed by atoms with Crippen molar-refractivity contribution in [2.75, 3.05) is 10.6 Å². The molecule has 1 aromatic heterocycles. The summed E-state index contributed by atoms with van der Waals surface area (Å²) < 4.78 is 7.72. The number of hydrogen-bond acceptors (Lipinski definition) is 5. The topological polar surface area (TPSA) is 81.1 Å². The molecule has 4 aromatic rings. The Bertz CT molecular complexity index is 1420. The molecule has 35 heavy (non-hydrogen) atoms. The highest BCUT2D eigenvalue weighted by Crippen LogP contribution is 2.36. The number of benzene rings is 3. The lowest BCUT2D eigenvalue weighted by atomic mass is 9.95. The minimum atomic E-state index is -0.500. The van der Waals surface area contributed by atoms with Crippen LogP contribution in [0.5, 0.6) is 5.75 Å². The number of anilines is 2. The van der Waals surface area contributed by atoms with Crippen molar-refractivity contribution >= 4 is 40.7 Å². The number of aromatic nitrogens is 3. The Balaban J connectivity index is 1.46. The zero-order valence-electron chi connectivity index (χ0n) is 18.7. The quantitative estimate of drug-likeness (QED) is 0.331. The van der Waals surface area contributed by atoms with Gasteiger partial charge in [-0.1, -0.05) is 59.6 Å². The normalized spacial score (nSPS) is 14.8. The summed E-state index contributed by atoms with van der Waals surface area (Å²) in [6.45, 7) is 2.13. The predicted octanol–water partition coefficient (Wildman–Crippen LogP) is 6.09. The average Bonchev–Trinajstić information content (AvgIpc) is 3.31. The maximum absolute atomic E-state index is 13.4. The molecule has 2 heterocycles. The fourth-order valence-electron chi connectivity index (χ4n) is 3.99. The van der Waals surface area contributed by atoms with Gasteiger partial charge >= 0.3 is 0 Å². The van der Waals surface area contributed by atoms with Gasteiger partial charge in [-0.05, 0) is 48.9 Å². The number of nitrogens with zero attached hydrogens (tertiary/aromatic N) is 3. The standard InChI is InChI=1S/C26H21Cl2N5O2/c1-16-23(25(34)32-20-7-3-2-4-8-20)24(33-26(31-16)29-15-30-33)17-6-5-9-21(12-17)35-14-18-10-11-19(27)13-22(18)28/h2-13,15,24H,14H2,1H3,(H,32,34)(H,29,30,31)/t24-/m0/s1. The molecule has 0 aliphatic carbocycles. The number of rotatable bonds is 6. The van der Waals surface area contributed by atoms with E-state index in [0.717, 1.165) is 11.1 Å². The summed E-state index contributed by atoms with van der Waals surface area (Å²) in [5.74, 6) is 0.962. The van der Waals surface area contributed by atoms with Gasteiger partial charge in [-0.25, -0.2) is 4.68 Å². The maximum atomic E-state index is 13.4. The van der Waals surface area contributed by atoms with Gasteiger partial charge in [-0.2, -0.15) is 10.1 Å². The summed E-state index contributed by atoms with van der Waals surface area (Å²) in [5, 5.41) is 11.7. The van der Waals surface area contributed by atoms with Crippen LogP contribution in [-0.2, 0) is 11.4 Å². The Kier molecular flexibility index (Phi) is 6.44. The number of halogens is 2. The van der Waals surface area contributed by atoms with E-state index in [2.05, 4.69) is 20.7 Å². The average molecular weight is 506 g/mol. The number of hydrogen-bond donors (Lipinski definition) is 2. The van der Waals surface area contributed by atoms with E-state index in [-0.39, 0.29) is 12.5 Å². The maximum Gasteiger partial charge on any atom is 0.255 e. The highest BCUT2D eigenvalue weighted by Gasteiger charge is 2.33. The second kappa shape index (κ2) is 9.82. The molecule has 5 rings (SSSR count). The largest absolute Gasteiger partial charge is 0.489 e. The first-order chi connectivity index (χ1) is 17.0. The van der Waals surface area contributed by atoms with Crippen LogP contribution in [0.25, 0.3) is 0 Å². The molecular formula is C26H21Cl2N5O2. The van der Waals surface area contributed by atoms with Crippen molar-refractivity contribution < 1.29 is 9.53 Å². The van der Waals surface area contributed by atoms with Gasteiger partial charge < -0.3 is 15.4 Å². The number of fused-ring (bicyclic) bond motifs is 1. The molecule has 0 bridgehead atoms. The van der Waals surface area contributed by atoms with Gasteiger partial charge in [0.2, 0.25) is 5.95 Å². The third kappa shape index (κ3) is 4.87. The molecule has 9 heteroatoms. The van der Waals surface area contributed by atoms with Crippen LogP contribution >= 0.6 is 23.2 Å². The molecule has 0 saturated heterocycles. The van der Waals surface area contributed by atoms with Crippen LogP contribution < -0.4 is 15.4 Å². The smallest absolute Gasteiger partial charge is 0.255 e.